The van der Waals surface area contributed by atoms with Crippen molar-refractivity contribution < 1.29 is 19.1 Å². The fourth-order valence-corrected chi connectivity index (χ4v) is 3.69. The van der Waals surface area contributed by atoms with E-state index in [1.165, 1.54) is 0 Å². The van der Waals surface area contributed by atoms with Gasteiger partial charge >= 0.3 is 5.97 Å². The first kappa shape index (κ1) is 19.4. The molecule has 3 rings (SSSR count). The Labute approximate surface area is 160 Å². The number of carbonyl (C=O) groups excluding carboxylic acids is 2. The lowest BCUT2D eigenvalue weighted by Gasteiger charge is -2.14. The molecule has 1 aliphatic heterocycles. The molecule has 0 N–H and O–H groups in total. The van der Waals surface area contributed by atoms with Gasteiger partial charge in [-0.05, 0) is 58.2 Å². The summed E-state index contributed by atoms with van der Waals surface area (Å²) in [5.74, 6) is -0.645. The van der Waals surface area contributed by atoms with Gasteiger partial charge in [0.1, 0.15) is 0 Å². The second-order valence-corrected chi connectivity index (χ2v) is 7.35. The van der Waals surface area contributed by atoms with Crippen LogP contribution in [0.2, 0.25) is 0 Å². The van der Waals surface area contributed by atoms with Gasteiger partial charge in [-0.25, -0.2) is 4.79 Å². The van der Waals surface area contributed by atoms with Crippen molar-refractivity contribution in [3.8, 4) is 0 Å². The summed E-state index contributed by atoms with van der Waals surface area (Å²) in [6.45, 7) is 9.07. The van der Waals surface area contributed by atoms with Gasteiger partial charge in [0.15, 0.2) is 6.61 Å². The minimum absolute atomic E-state index is 0.181. The van der Waals surface area contributed by atoms with Gasteiger partial charge in [0.05, 0.1) is 11.7 Å². The van der Waals surface area contributed by atoms with Crippen LogP contribution in [0.1, 0.15) is 56.1 Å². The third kappa shape index (κ3) is 4.30. The molecule has 1 fully saturated rings. The molecule has 1 aliphatic rings. The highest BCUT2D eigenvalue weighted by Gasteiger charge is 2.22. The summed E-state index contributed by atoms with van der Waals surface area (Å²) in [5.41, 5.74) is 4.96. The van der Waals surface area contributed by atoms with Crippen LogP contribution in [-0.4, -0.2) is 35.6 Å². The maximum Gasteiger partial charge on any atom is 0.338 e. The first-order chi connectivity index (χ1) is 12.9. The van der Waals surface area contributed by atoms with Crippen LogP contribution in [0.3, 0.4) is 0 Å². The molecule has 0 unspecified atom stereocenters. The maximum atomic E-state index is 12.6. The number of Topliss-reactive ketones (excluding diaryl/α,β-unsaturated/α-hetero) is 1. The Morgan fingerprint density at radius 1 is 1.15 bits per heavy atom. The molecule has 5 heteroatoms. The van der Waals surface area contributed by atoms with Gasteiger partial charge in [-0.15, -0.1) is 0 Å². The Kier molecular flexibility index (Phi) is 5.80. The fourth-order valence-electron chi connectivity index (χ4n) is 3.69. The first-order valence-electron chi connectivity index (χ1n) is 9.42. The Hall–Kier alpha value is -2.40. The van der Waals surface area contributed by atoms with E-state index in [0.717, 1.165) is 48.5 Å². The van der Waals surface area contributed by atoms with E-state index >= 15 is 0 Å². The largest absolute Gasteiger partial charge is 0.454 e. The van der Waals surface area contributed by atoms with Crippen molar-refractivity contribution in [1.82, 2.24) is 4.57 Å². The molecular weight excluding hydrogens is 342 g/mol. The summed E-state index contributed by atoms with van der Waals surface area (Å²) in [5, 5.41) is 0. The second kappa shape index (κ2) is 8.09. The average Bonchev–Trinajstić information content (AvgIpc) is 3.23. The minimum atomic E-state index is -0.464. The van der Waals surface area contributed by atoms with Crippen molar-refractivity contribution in [2.75, 3.05) is 13.2 Å². The van der Waals surface area contributed by atoms with E-state index in [0.29, 0.717) is 11.1 Å². The average molecular weight is 369 g/mol. The summed E-state index contributed by atoms with van der Waals surface area (Å²) < 4.78 is 13.1. The molecule has 0 amide bonds. The molecule has 2 aromatic rings. The number of ketones is 1. The highest BCUT2D eigenvalue weighted by Crippen LogP contribution is 2.21. The topological polar surface area (TPSA) is 57.5 Å². The molecule has 27 heavy (non-hydrogen) atoms. The fraction of sp³-hybridized carbons (Fsp3) is 0.455. The van der Waals surface area contributed by atoms with Crippen LogP contribution in [0.5, 0.6) is 0 Å². The van der Waals surface area contributed by atoms with Gasteiger partial charge in [0.25, 0.3) is 0 Å². The maximum absolute atomic E-state index is 12.6. The highest BCUT2D eigenvalue weighted by atomic mass is 16.5. The van der Waals surface area contributed by atoms with Crippen molar-refractivity contribution in [1.29, 1.82) is 0 Å². The van der Waals surface area contributed by atoms with Crippen molar-refractivity contribution in [3.63, 3.8) is 0 Å². The number of hydrogen-bond acceptors (Lipinski definition) is 4. The number of rotatable bonds is 6. The van der Waals surface area contributed by atoms with Crippen LogP contribution < -0.4 is 0 Å². The van der Waals surface area contributed by atoms with Gasteiger partial charge < -0.3 is 14.0 Å². The third-order valence-corrected chi connectivity index (χ3v) is 5.22. The van der Waals surface area contributed by atoms with Crippen LogP contribution in [0.25, 0.3) is 0 Å². The zero-order valence-electron chi connectivity index (χ0n) is 16.5. The van der Waals surface area contributed by atoms with E-state index in [2.05, 4.69) is 4.57 Å². The molecule has 0 spiro atoms. The van der Waals surface area contributed by atoms with Crippen LogP contribution in [0.4, 0.5) is 0 Å². The molecule has 1 aromatic heterocycles. The monoisotopic (exact) mass is 369 g/mol. The Balaban J connectivity index is 1.66. The zero-order valence-corrected chi connectivity index (χ0v) is 16.5. The molecule has 0 aliphatic carbocycles. The number of nitrogens with zero attached hydrogens (tertiary/aromatic N) is 1. The lowest BCUT2D eigenvalue weighted by Crippen LogP contribution is -2.18. The number of benzene rings is 1. The number of aromatic nitrogens is 1. The van der Waals surface area contributed by atoms with Crippen LogP contribution in [0.15, 0.2) is 24.3 Å². The van der Waals surface area contributed by atoms with Crippen molar-refractivity contribution in [3.05, 3.63) is 57.9 Å². The second-order valence-electron chi connectivity index (χ2n) is 7.35. The summed E-state index contributed by atoms with van der Waals surface area (Å²) >= 11 is 0. The van der Waals surface area contributed by atoms with Gasteiger partial charge in [0.2, 0.25) is 5.78 Å². The van der Waals surface area contributed by atoms with E-state index < -0.39 is 5.97 Å². The number of carbonyl (C=O) groups is 2. The Morgan fingerprint density at radius 3 is 2.59 bits per heavy atom. The van der Waals surface area contributed by atoms with Crippen molar-refractivity contribution in [2.45, 2.75) is 53.2 Å². The van der Waals surface area contributed by atoms with Crippen molar-refractivity contribution >= 4 is 11.8 Å². The first-order valence-corrected chi connectivity index (χ1v) is 9.42. The molecule has 1 saturated heterocycles. The highest BCUT2D eigenvalue weighted by molar-refractivity contribution is 6.00. The van der Waals surface area contributed by atoms with Gasteiger partial charge in [0, 0.05) is 30.1 Å². The van der Waals surface area contributed by atoms with Gasteiger partial charge in [-0.2, -0.15) is 0 Å². The summed E-state index contributed by atoms with van der Waals surface area (Å²) in [7, 11) is 0. The zero-order chi connectivity index (χ0) is 19.6. The van der Waals surface area contributed by atoms with E-state index in [1.54, 1.807) is 6.07 Å². The Bertz CT molecular complexity index is 859. The molecule has 0 radical (unpaired) electrons. The smallest absolute Gasteiger partial charge is 0.338 e. The molecule has 0 saturated carbocycles. The Morgan fingerprint density at radius 2 is 1.93 bits per heavy atom. The summed E-state index contributed by atoms with van der Waals surface area (Å²) in [4.78, 5) is 24.9. The number of aryl methyl sites for hydroxylation is 3. The molecular formula is C22H27NO4. The molecule has 1 atom stereocenters. The summed E-state index contributed by atoms with van der Waals surface area (Å²) in [6.07, 6.45) is 2.35. The lowest BCUT2D eigenvalue weighted by molar-refractivity contribution is 0.0473. The SMILES string of the molecule is Cc1ccc(C(=O)OCC(=O)c2cc(C)n(C[C@@H]3CCCO3)c2C)c(C)c1. The van der Waals surface area contributed by atoms with E-state index in [4.69, 9.17) is 9.47 Å². The molecule has 5 nitrogen and oxygen atoms in total. The molecule has 144 valence electrons. The predicted molar refractivity (Wildman–Crippen MR) is 103 cm³/mol. The summed E-state index contributed by atoms with van der Waals surface area (Å²) in [6, 6.07) is 7.41. The quantitative estimate of drug-likeness (QED) is 0.572. The van der Waals surface area contributed by atoms with E-state index in [1.807, 2.05) is 45.9 Å². The number of esters is 1. The van der Waals surface area contributed by atoms with Crippen LogP contribution in [-0.2, 0) is 16.0 Å². The van der Waals surface area contributed by atoms with Crippen LogP contribution >= 0.6 is 0 Å². The van der Waals surface area contributed by atoms with Gasteiger partial charge in [-0.3, -0.25) is 4.79 Å². The van der Waals surface area contributed by atoms with Crippen molar-refractivity contribution in [2.24, 2.45) is 0 Å². The molecule has 0 bridgehead atoms. The third-order valence-electron chi connectivity index (χ3n) is 5.22. The lowest BCUT2D eigenvalue weighted by atomic mass is 10.1. The predicted octanol–water partition coefficient (Wildman–Crippen LogP) is 3.94. The van der Waals surface area contributed by atoms with Crippen LogP contribution in [0, 0.1) is 27.7 Å². The van der Waals surface area contributed by atoms with E-state index in [9.17, 15) is 9.59 Å². The molecule has 1 aromatic carbocycles. The minimum Gasteiger partial charge on any atom is -0.454 e. The normalized spacial score (nSPS) is 16.5. The van der Waals surface area contributed by atoms with E-state index in [-0.39, 0.29) is 18.5 Å². The number of ether oxygens (including phenoxy) is 2. The number of hydrogen-bond donors (Lipinski definition) is 0. The molecule has 2 heterocycles. The standard InChI is InChI=1S/C22H27NO4/c1-14-7-8-19(15(2)10-14)22(25)27-13-21(24)20-11-16(3)23(17(20)4)12-18-6-5-9-26-18/h7-8,10-11,18H,5-6,9,12-13H2,1-4H3/t18-/m0/s1. The van der Waals surface area contributed by atoms with Gasteiger partial charge in [-0.1, -0.05) is 17.7 Å².